The number of methoxy groups -OCH3 is 1. The molecule has 19 heavy (non-hydrogen) atoms. The molecular weight excluding hydrogens is 304 g/mol. The summed E-state index contributed by atoms with van der Waals surface area (Å²) >= 11 is 3.45. The second kappa shape index (κ2) is 5.76. The third kappa shape index (κ3) is 2.99. The highest BCUT2D eigenvalue weighted by Crippen LogP contribution is 2.31. The van der Waals surface area contributed by atoms with E-state index in [9.17, 15) is 5.11 Å². The van der Waals surface area contributed by atoms with E-state index in [1.165, 1.54) is 0 Å². The first-order chi connectivity index (χ1) is 9.02. The quantitative estimate of drug-likeness (QED) is 0.920. The molecule has 0 saturated carbocycles. The van der Waals surface area contributed by atoms with Gasteiger partial charge < -0.3 is 9.84 Å². The number of aliphatic hydroxyl groups is 1. The van der Waals surface area contributed by atoms with E-state index in [4.69, 9.17) is 4.74 Å². The number of halogens is 1. The average molecular weight is 321 g/mol. The molecule has 0 amide bonds. The molecule has 0 aliphatic carbocycles. The smallest absolute Gasteiger partial charge is 0.133 e. The SMILES string of the molecule is COc1ccc(C(O)c2cc(C)ccc2C)cc1Br. The highest BCUT2D eigenvalue weighted by Gasteiger charge is 2.14. The van der Waals surface area contributed by atoms with Crippen LogP contribution in [0.4, 0.5) is 0 Å². The normalized spacial score (nSPS) is 12.3. The van der Waals surface area contributed by atoms with Crippen LogP contribution in [0.1, 0.15) is 28.4 Å². The predicted molar refractivity (Wildman–Crippen MR) is 80.7 cm³/mol. The summed E-state index contributed by atoms with van der Waals surface area (Å²) in [7, 11) is 1.63. The number of hydrogen-bond donors (Lipinski definition) is 1. The van der Waals surface area contributed by atoms with Crippen molar-refractivity contribution < 1.29 is 9.84 Å². The second-order valence-corrected chi connectivity index (χ2v) is 5.51. The van der Waals surface area contributed by atoms with Crippen LogP contribution >= 0.6 is 15.9 Å². The maximum absolute atomic E-state index is 10.5. The highest BCUT2D eigenvalue weighted by atomic mass is 79.9. The van der Waals surface area contributed by atoms with Crippen LogP contribution in [0.25, 0.3) is 0 Å². The van der Waals surface area contributed by atoms with Crippen LogP contribution in [0, 0.1) is 13.8 Å². The van der Waals surface area contributed by atoms with Crippen molar-refractivity contribution in [2.45, 2.75) is 20.0 Å². The first-order valence-electron chi connectivity index (χ1n) is 6.11. The van der Waals surface area contributed by atoms with E-state index >= 15 is 0 Å². The molecule has 1 unspecified atom stereocenters. The number of aliphatic hydroxyl groups excluding tert-OH is 1. The molecular formula is C16H17BrO2. The van der Waals surface area contributed by atoms with Crippen LogP contribution in [0.15, 0.2) is 40.9 Å². The Morgan fingerprint density at radius 3 is 2.47 bits per heavy atom. The van der Waals surface area contributed by atoms with Gasteiger partial charge in [-0.2, -0.15) is 0 Å². The summed E-state index contributed by atoms with van der Waals surface area (Å²) in [5.74, 6) is 0.761. The fraction of sp³-hybridized carbons (Fsp3) is 0.250. The molecule has 2 aromatic rings. The molecule has 1 atom stereocenters. The lowest BCUT2D eigenvalue weighted by molar-refractivity contribution is 0.219. The zero-order valence-corrected chi connectivity index (χ0v) is 12.9. The summed E-state index contributed by atoms with van der Waals surface area (Å²) in [4.78, 5) is 0. The van der Waals surface area contributed by atoms with Gasteiger partial charge in [0, 0.05) is 0 Å². The lowest BCUT2D eigenvalue weighted by atomic mass is 9.96. The van der Waals surface area contributed by atoms with E-state index in [-0.39, 0.29) is 0 Å². The van der Waals surface area contributed by atoms with Gasteiger partial charge in [0.2, 0.25) is 0 Å². The predicted octanol–water partition coefficient (Wildman–Crippen LogP) is 4.16. The van der Waals surface area contributed by atoms with Crippen molar-refractivity contribution in [3.8, 4) is 5.75 Å². The first-order valence-corrected chi connectivity index (χ1v) is 6.91. The highest BCUT2D eigenvalue weighted by molar-refractivity contribution is 9.10. The summed E-state index contributed by atoms with van der Waals surface area (Å²) in [6.45, 7) is 4.04. The van der Waals surface area contributed by atoms with Crippen molar-refractivity contribution in [1.29, 1.82) is 0 Å². The molecule has 0 saturated heterocycles. The maximum atomic E-state index is 10.5. The zero-order valence-electron chi connectivity index (χ0n) is 11.3. The van der Waals surface area contributed by atoms with Gasteiger partial charge in [0.25, 0.3) is 0 Å². The van der Waals surface area contributed by atoms with Crippen molar-refractivity contribution in [3.63, 3.8) is 0 Å². The molecule has 100 valence electrons. The van der Waals surface area contributed by atoms with Crippen molar-refractivity contribution in [1.82, 2.24) is 0 Å². The van der Waals surface area contributed by atoms with Gasteiger partial charge in [-0.05, 0) is 58.6 Å². The molecule has 0 bridgehead atoms. The fourth-order valence-electron chi connectivity index (χ4n) is 2.09. The van der Waals surface area contributed by atoms with Gasteiger partial charge in [0.15, 0.2) is 0 Å². The molecule has 2 aromatic carbocycles. The van der Waals surface area contributed by atoms with Crippen LogP contribution in [-0.2, 0) is 0 Å². The van der Waals surface area contributed by atoms with E-state index in [1.54, 1.807) is 7.11 Å². The Morgan fingerprint density at radius 1 is 1.11 bits per heavy atom. The average Bonchev–Trinajstić information content (AvgIpc) is 2.40. The van der Waals surface area contributed by atoms with E-state index in [2.05, 4.69) is 22.0 Å². The summed E-state index contributed by atoms with van der Waals surface area (Å²) in [6, 6.07) is 11.7. The minimum Gasteiger partial charge on any atom is -0.496 e. The van der Waals surface area contributed by atoms with Crippen molar-refractivity contribution in [2.24, 2.45) is 0 Å². The van der Waals surface area contributed by atoms with E-state index in [0.29, 0.717) is 0 Å². The number of benzene rings is 2. The lowest BCUT2D eigenvalue weighted by Gasteiger charge is -2.16. The van der Waals surface area contributed by atoms with Crippen molar-refractivity contribution >= 4 is 15.9 Å². The van der Waals surface area contributed by atoms with Gasteiger partial charge in [-0.15, -0.1) is 0 Å². The summed E-state index contributed by atoms with van der Waals surface area (Å²) in [5, 5.41) is 10.5. The molecule has 2 rings (SSSR count). The molecule has 0 radical (unpaired) electrons. The molecule has 0 fully saturated rings. The standard InChI is InChI=1S/C16H17BrO2/c1-10-4-5-11(2)13(8-10)16(18)12-6-7-15(19-3)14(17)9-12/h4-9,16,18H,1-3H3. The Labute approximate surface area is 122 Å². The minimum atomic E-state index is -0.623. The fourth-order valence-corrected chi connectivity index (χ4v) is 2.65. The number of aryl methyl sites for hydroxylation is 2. The molecule has 2 nitrogen and oxygen atoms in total. The molecule has 0 heterocycles. The Morgan fingerprint density at radius 2 is 1.84 bits per heavy atom. The van der Waals surface area contributed by atoms with Crippen molar-refractivity contribution in [2.75, 3.05) is 7.11 Å². The van der Waals surface area contributed by atoms with Gasteiger partial charge in [-0.25, -0.2) is 0 Å². The Bertz CT molecular complexity index is 593. The van der Waals surface area contributed by atoms with E-state index < -0.39 is 6.10 Å². The molecule has 0 spiro atoms. The molecule has 0 aliphatic heterocycles. The van der Waals surface area contributed by atoms with Gasteiger partial charge in [-0.1, -0.05) is 29.8 Å². The zero-order chi connectivity index (χ0) is 14.0. The minimum absolute atomic E-state index is 0.623. The second-order valence-electron chi connectivity index (χ2n) is 4.66. The monoisotopic (exact) mass is 320 g/mol. The molecule has 0 aliphatic rings. The summed E-state index contributed by atoms with van der Waals surface area (Å²) in [5.41, 5.74) is 4.02. The Balaban J connectivity index is 2.41. The number of hydrogen-bond acceptors (Lipinski definition) is 2. The van der Waals surface area contributed by atoms with E-state index in [0.717, 1.165) is 32.5 Å². The van der Waals surface area contributed by atoms with E-state index in [1.807, 2.05) is 44.2 Å². The number of ether oxygens (including phenoxy) is 1. The van der Waals surface area contributed by atoms with Crippen LogP contribution < -0.4 is 4.74 Å². The third-order valence-corrected chi connectivity index (χ3v) is 3.84. The first kappa shape index (κ1) is 14.1. The molecule has 3 heteroatoms. The van der Waals surface area contributed by atoms with Crippen molar-refractivity contribution in [3.05, 3.63) is 63.1 Å². The van der Waals surface area contributed by atoms with Gasteiger partial charge in [0.05, 0.1) is 11.6 Å². The molecule has 0 aromatic heterocycles. The van der Waals surface area contributed by atoms with Crippen LogP contribution in [0.5, 0.6) is 5.75 Å². The maximum Gasteiger partial charge on any atom is 0.133 e. The largest absolute Gasteiger partial charge is 0.496 e. The van der Waals surface area contributed by atoms with Crippen LogP contribution in [0.2, 0.25) is 0 Å². The topological polar surface area (TPSA) is 29.5 Å². The summed E-state index contributed by atoms with van der Waals surface area (Å²) < 4.78 is 6.04. The Kier molecular flexibility index (Phi) is 4.27. The molecule has 1 N–H and O–H groups in total. The van der Waals surface area contributed by atoms with Crippen LogP contribution in [0.3, 0.4) is 0 Å². The Hall–Kier alpha value is -1.32. The lowest BCUT2D eigenvalue weighted by Crippen LogP contribution is -2.03. The third-order valence-electron chi connectivity index (χ3n) is 3.22. The van der Waals surface area contributed by atoms with Gasteiger partial charge >= 0.3 is 0 Å². The van der Waals surface area contributed by atoms with Crippen LogP contribution in [-0.4, -0.2) is 12.2 Å². The summed E-state index contributed by atoms with van der Waals surface area (Å²) in [6.07, 6.45) is -0.623. The van der Waals surface area contributed by atoms with Gasteiger partial charge in [0.1, 0.15) is 11.9 Å². The van der Waals surface area contributed by atoms with Gasteiger partial charge in [-0.3, -0.25) is 0 Å². The number of rotatable bonds is 3.